The van der Waals surface area contributed by atoms with Crippen LogP contribution in [0.15, 0.2) is 34.7 Å². The van der Waals surface area contributed by atoms with Crippen molar-refractivity contribution >= 4 is 17.5 Å². The highest BCUT2D eigenvalue weighted by Crippen LogP contribution is 2.38. The van der Waals surface area contributed by atoms with Crippen LogP contribution in [0.5, 0.6) is 5.75 Å². The smallest absolute Gasteiger partial charge is 0.287 e. The predicted molar refractivity (Wildman–Crippen MR) is 117 cm³/mol. The number of carbonyl (C=O) groups excluding carboxylic acids is 2. The van der Waals surface area contributed by atoms with Crippen LogP contribution in [0.3, 0.4) is 0 Å². The highest BCUT2D eigenvalue weighted by Gasteiger charge is 2.29. The zero-order chi connectivity index (χ0) is 22.1. The van der Waals surface area contributed by atoms with Crippen LogP contribution in [0.4, 0.5) is 5.69 Å². The first-order chi connectivity index (χ1) is 14.1. The van der Waals surface area contributed by atoms with E-state index in [0.29, 0.717) is 17.4 Å². The number of benzene rings is 1. The van der Waals surface area contributed by atoms with E-state index in [1.54, 1.807) is 17.0 Å². The summed E-state index contributed by atoms with van der Waals surface area (Å²) in [7, 11) is 0. The summed E-state index contributed by atoms with van der Waals surface area (Å²) in [5.41, 5.74) is 1.87. The molecule has 2 heterocycles. The standard InChI is InChI=1S/C24H32N2O4/c1-7-24(5,6)17-8-10-20-19(12-17)26(22(27)14-29-20)13-18-9-11-21(30-18)23(28)25-16(4)15(2)3/h8-12,15-16H,7,13-14H2,1-6H3,(H,25,28). The number of fused-ring (bicyclic) bond motifs is 1. The number of anilines is 1. The van der Waals surface area contributed by atoms with Gasteiger partial charge in [-0.2, -0.15) is 0 Å². The van der Waals surface area contributed by atoms with E-state index in [1.807, 2.05) is 32.9 Å². The van der Waals surface area contributed by atoms with Crippen molar-refractivity contribution in [2.24, 2.45) is 5.92 Å². The molecule has 2 aromatic rings. The Morgan fingerprint density at radius 2 is 1.93 bits per heavy atom. The summed E-state index contributed by atoms with van der Waals surface area (Å²) < 4.78 is 11.4. The molecule has 30 heavy (non-hydrogen) atoms. The summed E-state index contributed by atoms with van der Waals surface area (Å²) >= 11 is 0. The van der Waals surface area contributed by atoms with Crippen molar-refractivity contribution in [2.75, 3.05) is 11.5 Å². The maximum absolute atomic E-state index is 12.6. The van der Waals surface area contributed by atoms with Crippen LogP contribution in [0.1, 0.15) is 69.8 Å². The first-order valence-corrected chi connectivity index (χ1v) is 10.6. The summed E-state index contributed by atoms with van der Waals surface area (Å²) in [6.07, 6.45) is 0.978. The van der Waals surface area contributed by atoms with Gasteiger partial charge >= 0.3 is 0 Å². The Morgan fingerprint density at radius 3 is 2.60 bits per heavy atom. The molecule has 2 amide bonds. The lowest BCUT2D eigenvalue weighted by molar-refractivity contribution is -0.121. The number of nitrogens with one attached hydrogen (secondary N) is 1. The molecule has 3 rings (SSSR count). The lowest BCUT2D eigenvalue weighted by atomic mass is 9.82. The van der Waals surface area contributed by atoms with E-state index >= 15 is 0 Å². The second kappa shape index (κ2) is 8.54. The Bertz CT molecular complexity index is 929. The van der Waals surface area contributed by atoms with Gasteiger partial charge in [-0.05, 0) is 54.5 Å². The summed E-state index contributed by atoms with van der Waals surface area (Å²) in [6, 6.07) is 9.45. The molecule has 0 saturated heterocycles. The first-order valence-electron chi connectivity index (χ1n) is 10.6. The molecule has 1 aromatic carbocycles. The van der Waals surface area contributed by atoms with Crippen molar-refractivity contribution in [1.82, 2.24) is 5.32 Å². The molecule has 0 bridgehead atoms. The average molecular weight is 413 g/mol. The number of carbonyl (C=O) groups is 2. The van der Waals surface area contributed by atoms with Gasteiger partial charge in [0.1, 0.15) is 11.5 Å². The molecule has 162 valence electrons. The third-order valence-electron chi connectivity index (χ3n) is 6.13. The molecule has 0 saturated carbocycles. The van der Waals surface area contributed by atoms with Gasteiger partial charge in [0.25, 0.3) is 11.8 Å². The van der Waals surface area contributed by atoms with Crippen LogP contribution in [0.2, 0.25) is 0 Å². The van der Waals surface area contributed by atoms with Crippen LogP contribution in [0, 0.1) is 5.92 Å². The topological polar surface area (TPSA) is 71.8 Å². The number of nitrogens with zero attached hydrogens (tertiary/aromatic N) is 1. The number of ether oxygens (including phenoxy) is 1. The molecule has 1 aliphatic heterocycles. The average Bonchev–Trinajstić information content (AvgIpc) is 3.18. The van der Waals surface area contributed by atoms with Gasteiger partial charge in [0, 0.05) is 6.04 Å². The van der Waals surface area contributed by atoms with Crippen molar-refractivity contribution in [3.63, 3.8) is 0 Å². The fraction of sp³-hybridized carbons (Fsp3) is 0.500. The Hall–Kier alpha value is -2.76. The third-order valence-corrected chi connectivity index (χ3v) is 6.13. The van der Waals surface area contributed by atoms with E-state index in [-0.39, 0.29) is 42.2 Å². The van der Waals surface area contributed by atoms with Gasteiger partial charge in [0.15, 0.2) is 12.4 Å². The fourth-order valence-electron chi connectivity index (χ4n) is 3.19. The highest BCUT2D eigenvalue weighted by atomic mass is 16.5. The number of hydrogen-bond donors (Lipinski definition) is 1. The zero-order valence-corrected chi connectivity index (χ0v) is 18.7. The second-order valence-corrected chi connectivity index (χ2v) is 8.96. The summed E-state index contributed by atoms with van der Waals surface area (Å²) in [4.78, 5) is 26.7. The second-order valence-electron chi connectivity index (χ2n) is 8.96. The van der Waals surface area contributed by atoms with E-state index in [2.05, 4.69) is 32.2 Å². The minimum atomic E-state index is -0.247. The molecule has 1 N–H and O–H groups in total. The quantitative estimate of drug-likeness (QED) is 0.717. The molecule has 6 nitrogen and oxygen atoms in total. The van der Waals surface area contributed by atoms with Crippen LogP contribution < -0.4 is 15.0 Å². The maximum Gasteiger partial charge on any atom is 0.287 e. The number of hydrogen-bond acceptors (Lipinski definition) is 4. The Kier molecular flexibility index (Phi) is 6.25. The Balaban J connectivity index is 1.83. The number of rotatable bonds is 7. The van der Waals surface area contributed by atoms with Gasteiger partial charge in [0.05, 0.1) is 12.2 Å². The minimum absolute atomic E-state index is 0.00968. The summed E-state index contributed by atoms with van der Waals surface area (Å²) in [6.45, 7) is 12.8. The van der Waals surface area contributed by atoms with Gasteiger partial charge in [0.2, 0.25) is 0 Å². The Morgan fingerprint density at radius 1 is 1.20 bits per heavy atom. The molecule has 1 aromatic heterocycles. The minimum Gasteiger partial charge on any atom is -0.482 e. The SMILES string of the molecule is CCC(C)(C)c1ccc2c(c1)N(Cc1ccc(C(=O)NC(C)C(C)C)o1)C(=O)CO2. The van der Waals surface area contributed by atoms with Crippen molar-refractivity contribution in [2.45, 2.75) is 66.0 Å². The fourth-order valence-corrected chi connectivity index (χ4v) is 3.19. The van der Waals surface area contributed by atoms with Gasteiger partial charge in [-0.3, -0.25) is 14.5 Å². The third kappa shape index (κ3) is 4.53. The van der Waals surface area contributed by atoms with Gasteiger partial charge < -0.3 is 14.5 Å². The number of amides is 2. The zero-order valence-electron chi connectivity index (χ0n) is 18.7. The monoisotopic (exact) mass is 412 g/mol. The van der Waals surface area contributed by atoms with Crippen molar-refractivity contribution < 1.29 is 18.7 Å². The van der Waals surface area contributed by atoms with Gasteiger partial charge in [-0.15, -0.1) is 0 Å². The molecular formula is C24H32N2O4. The van der Waals surface area contributed by atoms with E-state index in [0.717, 1.165) is 17.7 Å². The molecule has 1 aliphatic rings. The molecule has 0 fully saturated rings. The van der Waals surface area contributed by atoms with Gasteiger partial charge in [-0.25, -0.2) is 0 Å². The molecule has 1 unspecified atom stereocenters. The maximum atomic E-state index is 12.6. The van der Waals surface area contributed by atoms with Gasteiger partial charge in [-0.1, -0.05) is 40.7 Å². The largest absolute Gasteiger partial charge is 0.482 e. The highest BCUT2D eigenvalue weighted by molar-refractivity contribution is 5.98. The van der Waals surface area contributed by atoms with E-state index in [4.69, 9.17) is 9.15 Å². The van der Waals surface area contributed by atoms with E-state index in [9.17, 15) is 9.59 Å². The number of furan rings is 1. The van der Waals surface area contributed by atoms with Crippen LogP contribution in [-0.4, -0.2) is 24.5 Å². The molecular weight excluding hydrogens is 380 g/mol. The lowest BCUT2D eigenvalue weighted by Gasteiger charge is -2.31. The summed E-state index contributed by atoms with van der Waals surface area (Å²) in [5.74, 6) is 1.43. The van der Waals surface area contributed by atoms with E-state index in [1.165, 1.54) is 0 Å². The molecule has 0 radical (unpaired) electrons. The van der Waals surface area contributed by atoms with Crippen LogP contribution >= 0.6 is 0 Å². The molecule has 1 atom stereocenters. The normalized spacial score (nSPS) is 15.0. The van der Waals surface area contributed by atoms with Crippen molar-refractivity contribution in [3.8, 4) is 5.75 Å². The predicted octanol–water partition coefficient (Wildman–Crippen LogP) is 4.67. The molecule has 6 heteroatoms. The van der Waals surface area contributed by atoms with E-state index < -0.39 is 0 Å². The van der Waals surface area contributed by atoms with Crippen molar-refractivity contribution in [3.05, 3.63) is 47.4 Å². The summed E-state index contributed by atoms with van der Waals surface area (Å²) in [5, 5.41) is 2.93. The molecule has 0 aliphatic carbocycles. The van der Waals surface area contributed by atoms with Crippen LogP contribution in [-0.2, 0) is 16.8 Å². The Labute approximate surface area is 178 Å². The first kappa shape index (κ1) is 21.9. The van der Waals surface area contributed by atoms with Crippen molar-refractivity contribution in [1.29, 1.82) is 0 Å². The van der Waals surface area contributed by atoms with Crippen LogP contribution in [0.25, 0.3) is 0 Å². The lowest BCUT2D eigenvalue weighted by Crippen LogP contribution is -2.38. The molecule has 0 spiro atoms.